The second-order valence-corrected chi connectivity index (χ2v) is 5.50. The van der Waals surface area contributed by atoms with Gasteiger partial charge in [0.25, 0.3) is 0 Å². The molecule has 3 heteroatoms. The number of aliphatic hydroxyl groups is 1. The van der Waals surface area contributed by atoms with Crippen molar-refractivity contribution in [1.82, 2.24) is 10.2 Å². The van der Waals surface area contributed by atoms with Gasteiger partial charge >= 0.3 is 0 Å². The Balaban J connectivity index is 2.64. The first kappa shape index (κ1) is 14.9. The molecule has 0 radical (unpaired) electrons. The van der Waals surface area contributed by atoms with E-state index >= 15 is 0 Å². The summed E-state index contributed by atoms with van der Waals surface area (Å²) in [6.07, 6.45) is 4.91. The molecule has 17 heavy (non-hydrogen) atoms. The molecule has 3 nitrogen and oxygen atoms in total. The largest absolute Gasteiger partial charge is 0.394 e. The van der Waals surface area contributed by atoms with Gasteiger partial charge in [0.2, 0.25) is 0 Å². The molecule has 0 aromatic carbocycles. The van der Waals surface area contributed by atoms with E-state index < -0.39 is 0 Å². The van der Waals surface area contributed by atoms with Crippen LogP contribution in [0.4, 0.5) is 0 Å². The van der Waals surface area contributed by atoms with Crippen LogP contribution in [-0.4, -0.2) is 48.3 Å². The average Bonchev–Trinajstić information content (AvgIpc) is 3.14. The molecular formula is C14H30N2O. The lowest BCUT2D eigenvalue weighted by Crippen LogP contribution is -2.58. The Kier molecular flexibility index (Phi) is 5.90. The molecule has 0 saturated heterocycles. The Bertz CT molecular complexity index is 214. The molecule has 1 unspecified atom stereocenters. The quantitative estimate of drug-likeness (QED) is 0.648. The van der Waals surface area contributed by atoms with E-state index in [0.29, 0.717) is 12.0 Å². The molecule has 102 valence electrons. The number of hydrogen-bond acceptors (Lipinski definition) is 3. The number of nitrogens with one attached hydrogen (secondary N) is 1. The van der Waals surface area contributed by atoms with E-state index in [-0.39, 0.29) is 12.1 Å². The molecule has 0 aliphatic heterocycles. The maximum atomic E-state index is 9.80. The first-order chi connectivity index (χ1) is 8.13. The minimum absolute atomic E-state index is 0.0634. The summed E-state index contributed by atoms with van der Waals surface area (Å²) < 4.78 is 0. The highest BCUT2D eigenvalue weighted by atomic mass is 16.3. The van der Waals surface area contributed by atoms with Gasteiger partial charge in [0.05, 0.1) is 12.1 Å². The van der Waals surface area contributed by atoms with Crippen molar-refractivity contribution in [2.75, 3.05) is 26.7 Å². The van der Waals surface area contributed by atoms with E-state index in [1.54, 1.807) is 0 Å². The van der Waals surface area contributed by atoms with Gasteiger partial charge in [0.1, 0.15) is 0 Å². The molecule has 0 heterocycles. The van der Waals surface area contributed by atoms with Crippen molar-refractivity contribution in [2.24, 2.45) is 5.92 Å². The van der Waals surface area contributed by atoms with Gasteiger partial charge in [-0.2, -0.15) is 0 Å². The third-order valence-corrected chi connectivity index (χ3v) is 4.27. The maximum absolute atomic E-state index is 9.80. The monoisotopic (exact) mass is 242 g/mol. The van der Waals surface area contributed by atoms with Crippen LogP contribution in [0.3, 0.4) is 0 Å². The topological polar surface area (TPSA) is 35.5 Å². The molecule has 1 aliphatic carbocycles. The fourth-order valence-corrected chi connectivity index (χ4v) is 3.04. The van der Waals surface area contributed by atoms with Crippen molar-refractivity contribution >= 4 is 0 Å². The Labute approximate surface area is 107 Å². The normalized spacial score (nSPS) is 19.9. The Morgan fingerprint density at radius 2 is 1.88 bits per heavy atom. The Morgan fingerprint density at radius 1 is 1.29 bits per heavy atom. The summed E-state index contributed by atoms with van der Waals surface area (Å²) in [6, 6.07) is 0.637. The van der Waals surface area contributed by atoms with E-state index in [0.717, 1.165) is 13.1 Å². The van der Waals surface area contributed by atoms with Gasteiger partial charge in [-0.3, -0.25) is 0 Å². The van der Waals surface area contributed by atoms with Crippen LogP contribution in [0, 0.1) is 5.92 Å². The fourth-order valence-electron chi connectivity index (χ4n) is 3.04. The van der Waals surface area contributed by atoms with Gasteiger partial charge in [-0.05, 0) is 45.2 Å². The van der Waals surface area contributed by atoms with Crippen LogP contribution in [0.25, 0.3) is 0 Å². The summed E-state index contributed by atoms with van der Waals surface area (Å²) in [5.74, 6) is 0.671. The highest BCUT2D eigenvalue weighted by Crippen LogP contribution is 2.40. The summed E-state index contributed by atoms with van der Waals surface area (Å²) in [5, 5.41) is 13.4. The van der Waals surface area contributed by atoms with Gasteiger partial charge < -0.3 is 15.3 Å². The summed E-state index contributed by atoms with van der Waals surface area (Å²) in [5.41, 5.74) is -0.0634. The third-order valence-electron chi connectivity index (χ3n) is 4.27. The van der Waals surface area contributed by atoms with Gasteiger partial charge in [-0.15, -0.1) is 0 Å². The van der Waals surface area contributed by atoms with Crippen molar-refractivity contribution in [2.45, 2.75) is 58.0 Å². The van der Waals surface area contributed by atoms with Crippen LogP contribution in [0.1, 0.15) is 46.5 Å². The van der Waals surface area contributed by atoms with Crippen molar-refractivity contribution in [3.05, 3.63) is 0 Å². The van der Waals surface area contributed by atoms with Crippen LogP contribution in [0.15, 0.2) is 0 Å². The average molecular weight is 242 g/mol. The summed E-state index contributed by atoms with van der Waals surface area (Å²) in [4.78, 5) is 2.43. The predicted molar refractivity (Wildman–Crippen MR) is 73.2 cm³/mol. The van der Waals surface area contributed by atoms with Crippen molar-refractivity contribution in [3.8, 4) is 0 Å². The van der Waals surface area contributed by atoms with E-state index in [1.165, 1.54) is 25.7 Å². The fraction of sp³-hybridized carbons (Fsp3) is 1.00. The first-order valence-corrected chi connectivity index (χ1v) is 7.19. The molecule has 0 aromatic rings. The van der Waals surface area contributed by atoms with Crippen molar-refractivity contribution in [1.29, 1.82) is 0 Å². The van der Waals surface area contributed by atoms with E-state index in [2.05, 4.69) is 38.0 Å². The highest BCUT2D eigenvalue weighted by Gasteiger charge is 2.45. The first-order valence-electron chi connectivity index (χ1n) is 7.19. The number of likely N-dealkylation sites (N-methyl/N-ethyl adjacent to an activating group) is 2. The smallest absolute Gasteiger partial charge is 0.0628 e. The molecule has 0 bridgehead atoms. The third kappa shape index (κ3) is 3.67. The zero-order valence-corrected chi connectivity index (χ0v) is 12.0. The van der Waals surface area contributed by atoms with Crippen LogP contribution in [-0.2, 0) is 0 Å². The lowest BCUT2D eigenvalue weighted by Gasteiger charge is -2.39. The molecular weight excluding hydrogens is 212 g/mol. The van der Waals surface area contributed by atoms with E-state index in [1.807, 2.05) is 0 Å². The SMILES string of the molecule is CCNC(CO)(CN(C)C(CC)CC)C1CC1. The van der Waals surface area contributed by atoms with Crippen LogP contribution in [0.2, 0.25) is 0 Å². The standard InChI is InChI=1S/C14H30N2O/c1-5-13(6-2)16(4)10-14(11-17,15-7-3)12-8-9-12/h12-13,15,17H,5-11H2,1-4H3. The molecule has 0 spiro atoms. The lowest BCUT2D eigenvalue weighted by atomic mass is 9.92. The zero-order valence-electron chi connectivity index (χ0n) is 12.0. The van der Waals surface area contributed by atoms with Crippen molar-refractivity contribution < 1.29 is 5.11 Å². The number of aliphatic hydroxyl groups excluding tert-OH is 1. The molecule has 1 fully saturated rings. The van der Waals surface area contributed by atoms with Crippen LogP contribution in [0.5, 0.6) is 0 Å². The highest BCUT2D eigenvalue weighted by molar-refractivity contribution is 5.02. The minimum Gasteiger partial charge on any atom is -0.394 e. The summed E-state index contributed by atoms with van der Waals surface area (Å²) in [6.45, 7) is 8.79. The lowest BCUT2D eigenvalue weighted by molar-refractivity contribution is 0.0828. The molecule has 1 aliphatic rings. The van der Waals surface area contributed by atoms with Gasteiger partial charge in [0, 0.05) is 12.6 Å². The molecule has 0 aromatic heterocycles. The minimum atomic E-state index is -0.0634. The van der Waals surface area contributed by atoms with Gasteiger partial charge in [0.15, 0.2) is 0 Å². The molecule has 1 atom stereocenters. The number of nitrogens with zero attached hydrogens (tertiary/aromatic N) is 1. The second kappa shape index (κ2) is 6.72. The van der Waals surface area contributed by atoms with Crippen LogP contribution >= 0.6 is 0 Å². The van der Waals surface area contributed by atoms with Crippen molar-refractivity contribution in [3.63, 3.8) is 0 Å². The Hall–Kier alpha value is -0.120. The molecule has 1 saturated carbocycles. The van der Waals surface area contributed by atoms with Crippen LogP contribution < -0.4 is 5.32 Å². The summed E-state index contributed by atoms with van der Waals surface area (Å²) >= 11 is 0. The maximum Gasteiger partial charge on any atom is 0.0628 e. The summed E-state index contributed by atoms with van der Waals surface area (Å²) in [7, 11) is 2.20. The van der Waals surface area contributed by atoms with Gasteiger partial charge in [-0.25, -0.2) is 0 Å². The van der Waals surface area contributed by atoms with E-state index in [4.69, 9.17) is 0 Å². The number of rotatable bonds is 9. The predicted octanol–water partition coefficient (Wildman–Crippen LogP) is 1.86. The second-order valence-electron chi connectivity index (χ2n) is 5.50. The zero-order chi connectivity index (χ0) is 12.9. The van der Waals surface area contributed by atoms with E-state index in [9.17, 15) is 5.11 Å². The molecule has 1 rings (SSSR count). The molecule has 0 amide bonds. The number of hydrogen-bond donors (Lipinski definition) is 2. The molecule has 2 N–H and O–H groups in total. The van der Waals surface area contributed by atoms with Gasteiger partial charge in [-0.1, -0.05) is 20.8 Å². The Morgan fingerprint density at radius 3 is 2.24 bits per heavy atom.